The molecule has 2 fully saturated rings. The number of ether oxygens (including phenoxy) is 1. The molecule has 2 aliphatic rings. The van der Waals surface area contributed by atoms with Crippen molar-refractivity contribution in [3.05, 3.63) is 126 Å². The second-order valence-electron chi connectivity index (χ2n) is 14.7. The van der Waals surface area contributed by atoms with Crippen molar-refractivity contribution in [2.45, 2.75) is 64.5 Å². The molecule has 61 heavy (non-hydrogen) atoms. The van der Waals surface area contributed by atoms with E-state index < -0.39 is 5.82 Å². The van der Waals surface area contributed by atoms with Crippen LogP contribution in [0.3, 0.4) is 0 Å². The lowest BCUT2D eigenvalue weighted by atomic mass is 10.1. The van der Waals surface area contributed by atoms with Crippen LogP contribution >= 0.6 is 0 Å². The molecule has 13 heteroatoms. The summed E-state index contributed by atoms with van der Waals surface area (Å²) in [5.41, 5.74) is 5.24. The molecule has 2 amide bonds. The second-order valence-corrected chi connectivity index (χ2v) is 14.7. The summed E-state index contributed by atoms with van der Waals surface area (Å²) in [6.07, 6.45) is 5.98. The molecule has 4 aromatic carbocycles. The van der Waals surface area contributed by atoms with Gasteiger partial charge in [0.1, 0.15) is 18.4 Å². The third-order valence-electron chi connectivity index (χ3n) is 10.2. The lowest BCUT2D eigenvalue weighted by Crippen LogP contribution is -2.39. The van der Waals surface area contributed by atoms with Crippen molar-refractivity contribution in [3.8, 4) is 22.8 Å². The summed E-state index contributed by atoms with van der Waals surface area (Å²) in [7, 11) is 7.50. The molecular weight excluding hydrogens is 772 g/mol. The maximum atomic E-state index is 15.2. The molecule has 0 radical (unpaired) electrons. The first kappa shape index (κ1) is 46.2. The number of carbonyl (C=O) groups excluding carboxylic acids is 2. The Morgan fingerprint density at radius 3 is 2.08 bits per heavy atom. The molecule has 2 saturated heterocycles. The Morgan fingerprint density at radius 2 is 1.43 bits per heavy atom. The normalized spacial score (nSPS) is 15.6. The lowest BCUT2D eigenvalue weighted by Gasteiger charge is -2.25. The minimum Gasteiger partial charge on any atom is -0.436 e. The summed E-state index contributed by atoms with van der Waals surface area (Å²) >= 11 is 0. The van der Waals surface area contributed by atoms with E-state index in [1.807, 2.05) is 131 Å². The van der Waals surface area contributed by atoms with Gasteiger partial charge in [0.25, 0.3) is 0 Å². The molecule has 8 rings (SSSR count). The second kappa shape index (κ2) is 23.8. The number of rotatable bonds is 12. The van der Waals surface area contributed by atoms with Crippen LogP contribution in [0.5, 0.6) is 0 Å². The number of aromatic amines is 1. The number of benzene rings is 4. The van der Waals surface area contributed by atoms with Crippen molar-refractivity contribution < 1.29 is 26.0 Å². The Bertz CT molecular complexity index is 2260. The van der Waals surface area contributed by atoms with Crippen LogP contribution in [0, 0.1) is 5.82 Å². The number of H-pyrrole nitrogens is 1. The molecule has 12 nitrogen and oxygen atoms in total. The smallest absolute Gasteiger partial charge is 0.227 e. The molecule has 0 aliphatic carbocycles. The average molecular weight is 837 g/mol. The van der Waals surface area contributed by atoms with Gasteiger partial charge >= 0.3 is 0 Å². The van der Waals surface area contributed by atoms with E-state index in [1.54, 1.807) is 18.3 Å². The first-order chi connectivity index (χ1) is 29.8. The number of amides is 2. The van der Waals surface area contributed by atoms with Crippen LogP contribution in [0.2, 0.25) is 0 Å². The number of oxazole rings is 1. The van der Waals surface area contributed by atoms with E-state index in [2.05, 4.69) is 25.9 Å². The molecule has 0 unspecified atom stereocenters. The average Bonchev–Trinajstić information content (AvgIpc) is 4.12. The number of imidazole rings is 1. The topological polar surface area (TPSA) is 141 Å². The van der Waals surface area contributed by atoms with E-state index in [-0.39, 0.29) is 33.5 Å². The van der Waals surface area contributed by atoms with Gasteiger partial charge in [-0.1, -0.05) is 74.5 Å². The van der Waals surface area contributed by atoms with Gasteiger partial charge in [-0.3, -0.25) is 9.59 Å². The van der Waals surface area contributed by atoms with Crippen LogP contribution in [0.15, 0.2) is 108 Å². The number of anilines is 1. The van der Waals surface area contributed by atoms with E-state index in [0.717, 1.165) is 65.8 Å². The van der Waals surface area contributed by atoms with Crippen LogP contribution in [0.1, 0.15) is 65.4 Å². The monoisotopic (exact) mass is 837 g/mol. The van der Waals surface area contributed by atoms with Gasteiger partial charge in [-0.25, -0.2) is 14.4 Å². The van der Waals surface area contributed by atoms with E-state index in [1.165, 1.54) is 6.07 Å². The van der Waals surface area contributed by atoms with Crippen LogP contribution in [-0.4, -0.2) is 97.2 Å². The quantitative estimate of drug-likeness (QED) is 0.0704. The van der Waals surface area contributed by atoms with Crippen molar-refractivity contribution in [3.63, 3.8) is 0 Å². The maximum absolute atomic E-state index is 15.2. The lowest BCUT2D eigenvalue weighted by molar-refractivity contribution is -0.132. The Kier molecular flexibility index (Phi) is 18.0. The molecule has 0 saturated carbocycles. The number of nitrogens with zero attached hydrogens (tertiary/aromatic N) is 4. The molecule has 2 aliphatic heterocycles. The molecule has 328 valence electrons. The molecule has 2 atom stereocenters. The number of halogens is 1. The minimum absolute atomic E-state index is 0. The van der Waals surface area contributed by atoms with Crippen LogP contribution in [-0.2, 0) is 27.2 Å². The number of hydrogen-bond donors (Lipinski definition) is 4. The van der Waals surface area contributed by atoms with Crippen molar-refractivity contribution >= 4 is 28.5 Å². The minimum atomic E-state index is -0.457. The van der Waals surface area contributed by atoms with Gasteiger partial charge in [0.15, 0.2) is 5.76 Å². The van der Waals surface area contributed by atoms with Gasteiger partial charge in [-0.15, -0.1) is 0 Å². The van der Waals surface area contributed by atoms with Crippen molar-refractivity contribution in [1.29, 1.82) is 0 Å². The summed E-state index contributed by atoms with van der Waals surface area (Å²) in [4.78, 5) is 42.7. The fourth-order valence-corrected chi connectivity index (χ4v) is 7.43. The zero-order valence-electron chi connectivity index (χ0n) is 36.3. The molecule has 2 aromatic heterocycles. The Morgan fingerprint density at radius 1 is 0.820 bits per heavy atom. The third-order valence-corrected chi connectivity index (χ3v) is 10.2. The van der Waals surface area contributed by atoms with Crippen LogP contribution in [0.25, 0.3) is 33.8 Å². The first-order valence-corrected chi connectivity index (χ1v) is 21.2. The highest BCUT2D eigenvalue weighted by atomic mass is 19.1. The molecule has 4 N–H and O–H groups in total. The largest absolute Gasteiger partial charge is 0.436 e. The molecule has 0 spiro atoms. The number of hydrogen-bond acceptors (Lipinski definition) is 9. The number of carbonyl (C=O) groups is 2. The number of likely N-dealkylation sites (tertiary alicyclic amines) is 2. The van der Waals surface area contributed by atoms with Crippen molar-refractivity contribution in [2.75, 3.05) is 59.9 Å². The van der Waals surface area contributed by atoms with E-state index >= 15 is 4.39 Å². The molecular formula is C48H65FN8O4. The summed E-state index contributed by atoms with van der Waals surface area (Å²) in [5, 5.41) is 8.51. The first-order valence-electron chi connectivity index (χ1n) is 21.2. The highest BCUT2D eigenvalue weighted by Gasteiger charge is 2.32. The Labute approximate surface area is 362 Å². The predicted molar refractivity (Wildman–Crippen MR) is 246 cm³/mol. The maximum Gasteiger partial charge on any atom is 0.227 e. The van der Waals surface area contributed by atoms with E-state index in [4.69, 9.17) is 14.1 Å². The number of fused-ring (bicyclic) bond motifs is 1. The SMILES string of the molecule is CC.CNC.CNC.O=C(Cc1ccccc1)N1CCC[C@H]1COCNc1ccc(-c2ncc(-c3ccc4nc([C@@H]5CCCN5C(=O)Cc5ccccc5)[nH]c4c3)o2)cc1F.[HH].[HH]. The highest BCUT2D eigenvalue weighted by molar-refractivity contribution is 5.82. The van der Waals surface area contributed by atoms with Gasteiger partial charge in [0.2, 0.25) is 17.7 Å². The Hall–Kier alpha value is -5.89. The molecule has 4 heterocycles. The van der Waals surface area contributed by atoms with Crippen molar-refractivity contribution in [2.24, 2.45) is 0 Å². The Balaban J connectivity index is 0.000000988. The van der Waals surface area contributed by atoms with Crippen LogP contribution in [0.4, 0.5) is 10.1 Å². The summed E-state index contributed by atoms with van der Waals surface area (Å²) in [6.45, 7) is 5.93. The van der Waals surface area contributed by atoms with Gasteiger partial charge in [0, 0.05) is 27.1 Å². The zero-order chi connectivity index (χ0) is 43.6. The number of aromatic nitrogens is 3. The zero-order valence-corrected chi connectivity index (χ0v) is 36.3. The fourth-order valence-electron chi connectivity index (χ4n) is 7.43. The molecule has 0 bridgehead atoms. The summed E-state index contributed by atoms with van der Waals surface area (Å²) in [6, 6.07) is 30.0. The van der Waals surface area contributed by atoms with E-state index in [0.29, 0.717) is 48.9 Å². The number of nitrogens with one attached hydrogen (secondary N) is 4. The van der Waals surface area contributed by atoms with Gasteiger partial charge < -0.3 is 39.9 Å². The third kappa shape index (κ3) is 12.6. The standard InChI is InChI=1S/C42H41FN6O4.2C2H7N.C2H6.2H2/c43-33-23-31(16-17-34(33)45-27-52-26-32-13-7-19-48(32)39(50)21-28-9-3-1-4-10-28)42-44-25-38(53-42)30-15-18-35-36(24-30)47-41(46-35)37-14-8-20-49(37)40(51)22-29-11-5-2-6-12-29;2*1-3-2;1-2;;/h1-6,9-12,15-18,23-25,32,37,45H,7-8,13-14,19-22,26-27H2,(H,46,47);2*3H,1-2H3;1-2H3;2*1H/t32-,37-;;;;;/m0...../s1. The summed E-state index contributed by atoms with van der Waals surface area (Å²) in [5.74, 6) is 1.36. The highest BCUT2D eigenvalue weighted by Crippen LogP contribution is 2.34. The van der Waals surface area contributed by atoms with Gasteiger partial charge in [-0.05, 0) is 101 Å². The fraction of sp³-hybridized carbons (Fsp3) is 0.375. The van der Waals surface area contributed by atoms with E-state index in [9.17, 15) is 9.59 Å². The van der Waals surface area contributed by atoms with Gasteiger partial charge in [0.05, 0.1) is 54.4 Å². The van der Waals surface area contributed by atoms with Gasteiger partial charge in [-0.2, -0.15) is 0 Å². The molecule has 6 aromatic rings. The summed E-state index contributed by atoms with van der Waals surface area (Å²) < 4.78 is 27.1. The van der Waals surface area contributed by atoms with Crippen LogP contribution < -0.4 is 16.0 Å². The van der Waals surface area contributed by atoms with Crippen molar-refractivity contribution in [1.82, 2.24) is 35.4 Å². The predicted octanol–water partition coefficient (Wildman–Crippen LogP) is 8.74.